The number of para-hydroxylation sites is 1. The fraction of sp³-hybridized carbons (Fsp3) is 0.333. The number of benzene rings is 1. The number of carbonyl (C=O) groups excluding carboxylic acids is 1. The second-order valence-electron chi connectivity index (χ2n) is 5.40. The molecule has 1 unspecified atom stereocenters. The van der Waals surface area contributed by atoms with E-state index < -0.39 is 11.5 Å². The molecule has 0 aliphatic rings. The number of Topliss-reactive ketones (excluding diaryl/α,β-unsaturated/α-hetero) is 1. The quantitative estimate of drug-likeness (QED) is 0.916. The molecule has 1 aromatic carbocycles. The summed E-state index contributed by atoms with van der Waals surface area (Å²) in [6, 6.07) is 9.30. The van der Waals surface area contributed by atoms with Crippen LogP contribution in [0, 0.1) is 5.41 Å². The number of ketones is 1. The molecule has 0 spiro atoms. The van der Waals surface area contributed by atoms with Crippen molar-refractivity contribution in [3.8, 4) is 5.75 Å². The molecule has 2 aromatic rings. The molecular weight excluding hydrogens is 240 g/mol. The van der Waals surface area contributed by atoms with Gasteiger partial charge in [-0.05, 0) is 12.1 Å². The minimum absolute atomic E-state index is 0.00805. The Labute approximate surface area is 112 Å². The van der Waals surface area contributed by atoms with Crippen LogP contribution in [0.1, 0.15) is 32.7 Å². The van der Waals surface area contributed by atoms with Crippen LogP contribution in [0.3, 0.4) is 0 Å². The normalized spacial score (nSPS) is 13.0. The average Bonchev–Trinajstić information content (AvgIpc) is 2.89. The van der Waals surface area contributed by atoms with Crippen LogP contribution in [-0.4, -0.2) is 15.8 Å². The first-order valence-electron chi connectivity index (χ1n) is 6.24. The molecule has 0 bridgehead atoms. The van der Waals surface area contributed by atoms with Gasteiger partial charge in [-0.2, -0.15) is 0 Å². The summed E-state index contributed by atoms with van der Waals surface area (Å²) >= 11 is 0. The molecule has 4 heteroatoms. The first kappa shape index (κ1) is 13.3. The number of imidazole rings is 1. The molecule has 0 radical (unpaired) electrons. The number of rotatable bonds is 4. The Morgan fingerprint density at radius 2 is 1.95 bits per heavy atom. The highest BCUT2D eigenvalue weighted by Gasteiger charge is 2.34. The monoisotopic (exact) mass is 258 g/mol. The van der Waals surface area contributed by atoms with Crippen molar-refractivity contribution >= 4 is 5.78 Å². The highest BCUT2D eigenvalue weighted by molar-refractivity contribution is 5.88. The standard InChI is InChI=1S/C15H18N2O2/c1-15(2,3)13(18)12(14-16-9-10-17-14)19-11-7-5-4-6-8-11/h4-10,12H,1-3H3,(H,16,17). The summed E-state index contributed by atoms with van der Waals surface area (Å²) < 4.78 is 5.80. The van der Waals surface area contributed by atoms with Crippen molar-refractivity contribution < 1.29 is 9.53 Å². The smallest absolute Gasteiger partial charge is 0.214 e. The maximum Gasteiger partial charge on any atom is 0.214 e. The molecule has 1 atom stereocenters. The Morgan fingerprint density at radius 3 is 2.47 bits per heavy atom. The van der Waals surface area contributed by atoms with E-state index in [0.717, 1.165) is 0 Å². The molecule has 19 heavy (non-hydrogen) atoms. The van der Waals surface area contributed by atoms with Crippen LogP contribution in [0.25, 0.3) is 0 Å². The predicted octanol–water partition coefficient (Wildman–Crippen LogP) is 3.15. The number of H-pyrrole nitrogens is 1. The Hall–Kier alpha value is -2.10. The van der Waals surface area contributed by atoms with Gasteiger partial charge in [-0.25, -0.2) is 4.98 Å². The predicted molar refractivity (Wildman–Crippen MR) is 72.9 cm³/mol. The van der Waals surface area contributed by atoms with E-state index in [0.29, 0.717) is 11.6 Å². The van der Waals surface area contributed by atoms with Crippen LogP contribution in [-0.2, 0) is 4.79 Å². The van der Waals surface area contributed by atoms with E-state index in [-0.39, 0.29) is 5.78 Å². The summed E-state index contributed by atoms with van der Waals surface area (Å²) in [6.45, 7) is 5.62. The Bertz CT molecular complexity index is 527. The van der Waals surface area contributed by atoms with Gasteiger partial charge in [-0.1, -0.05) is 39.0 Å². The van der Waals surface area contributed by atoms with Crippen molar-refractivity contribution in [2.24, 2.45) is 5.41 Å². The Balaban J connectivity index is 2.28. The Kier molecular flexibility index (Phi) is 3.69. The van der Waals surface area contributed by atoms with Gasteiger partial charge in [0, 0.05) is 17.8 Å². The van der Waals surface area contributed by atoms with Crippen LogP contribution in [0.15, 0.2) is 42.7 Å². The van der Waals surface area contributed by atoms with Crippen molar-refractivity contribution in [2.75, 3.05) is 0 Å². The van der Waals surface area contributed by atoms with Crippen molar-refractivity contribution in [3.63, 3.8) is 0 Å². The largest absolute Gasteiger partial charge is 0.475 e. The average molecular weight is 258 g/mol. The fourth-order valence-corrected chi connectivity index (χ4v) is 1.68. The summed E-state index contributed by atoms with van der Waals surface area (Å²) in [5.74, 6) is 1.18. The number of aromatic nitrogens is 2. The summed E-state index contributed by atoms with van der Waals surface area (Å²) in [5, 5.41) is 0. The molecule has 0 saturated carbocycles. The maximum atomic E-state index is 12.5. The topological polar surface area (TPSA) is 55.0 Å². The van der Waals surface area contributed by atoms with Gasteiger partial charge < -0.3 is 9.72 Å². The highest BCUT2D eigenvalue weighted by Crippen LogP contribution is 2.28. The maximum absolute atomic E-state index is 12.5. The molecule has 0 fully saturated rings. The van der Waals surface area contributed by atoms with Gasteiger partial charge in [-0.3, -0.25) is 4.79 Å². The molecule has 0 saturated heterocycles. The molecule has 0 aliphatic carbocycles. The lowest BCUT2D eigenvalue weighted by molar-refractivity contribution is -0.134. The SMILES string of the molecule is CC(C)(C)C(=O)C(Oc1ccccc1)c1ncc[nH]1. The van der Waals surface area contributed by atoms with Gasteiger partial charge >= 0.3 is 0 Å². The van der Waals surface area contributed by atoms with Gasteiger partial charge in [-0.15, -0.1) is 0 Å². The fourth-order valence-electron chi connectivity index (χ4n) is 1.68. The van der Waals surface area contributed by atoms with Crippen molar-refractivity contribution in [1.82, 2.24) is 9.97 Å². The number of nitrogens with one attached hydrogen (secondary N) is 1. The third-order valence-corrected chi connectivity index (χ3v) is 2.74. The minimum Gasteiger partial charge on any atom is -0.475 e. The summed E-state index contributed by atoms with van der Waals surface area (Å²) in [4.78, 5) is 19.6. The van der Waals surface area contributed by atoms with E-state index >= 15 is 0 Å². The van der Waals surface area contributed by atoms with Crippen molar-refractivity contribution in [3.05, 3.63) is 48.5 Å². The molecule has 0 amide bonds. The molecule has 4 nitrogen and oxygen atoms in total. The van der Waals surface area contributed by atoms with Crippen LogP contribution in [0.4, 0.5) is 0 Å². The van der Waals surface area contributed by atoms with E-state index in [4.69, 9.17) is 4.74 Å². The zero-order valence-electron chi connectivity index (χ0n) is 11.4. The summed E-state index contributed by atoms with van der Waals surface area (Å²) in [6.07, 6.45) is 2.59. The number of nitrogens with zero attached hydrogens (tertiary/aromatic N) is 1. The number of aromatic amines is 1. The van der Waals surface area contributed by atoms with Crippen molar-refractivity contribution in [2.45, 2.75) is 26.9 Å². The summed E-state index contributed by atoms with van der Waals surface area (Å²) in [5.41, 5.74) is -0.494. The zero-order chi connectivity index (χ0) is 13.9. The van der Waals surface area contributed by atoms with Crippen LogP contribution in [0.5, 0.6) is 5.75 Å². The zero-order valence-corrected chi connectivity index (χ0v) is 11.4. The molecule has 2 rings (SSSR count). The van der Waals surface area contributed by atoms with E-state index in [2.05, 4.69) is 9.97 Å². The molecule has 0 aliphatic heterocycles. The third-order valence-electron chi connectivity index (χ3n) is 2.74. The molecular formula is C15H18N2O2. The van der Waals surface area contributed by atoms with Crippen LogP contribution < -0.4 is 4.74 Å². The van der Waals surface area contributed by atoms with Crippen LogP contribution in [0.2, 0.25) is 0 Å². The highest BCUT2D eigenvalue weighted by atomic mass is 16.5. The number of hydrogen-bond acceptors (Lipinski definition) is 3. The van der Waals surface area contributed by atoms with Crippen molar-refractivity contribution in [1.29, 1.82) is 0 Å². The lowest BCUT2D eigenvalue weighted by Crippen LogP contribution is -2.31. The molecule has 100 valence electrons. The summed E-state index contributed by atoms with van der Waals surface area (Å²) in [7, 11) is 0. The first-order chi connectivity index (χ1) is 8.98. The van der Waals surface area contributed by atoms with E-state index in [1.807, 2.05) is 51.1 Å². The second-order valence-corrected chi connectivity index (χ2v) is 5.40. The van der Waals surface area contributed by atoms with E-state index in [1.165, 1.54) is 0 Å². The van der Waals surface area contributed by atoms with Gasteiger partial charge in [0.05, 0.1) is 0 Å². The minimum atomic E-state index is -0.711. The van der Waals surface area contributed by atoms with E-state index in [9.17, 15) is 4.79 Å². The number of ether oxygens (including phenoxy) is 1. The van der Waals surface area contributed by atoms with E-state index in [1.54, 1.807) is 12.4 Å². The molecule has 1 heterocycles. The number of carbonyl (C=O) groups is 1. The third kappa shape index (κ3) is 3.22. The lowest BCUT2D eigenvalue weighted by atomic mass is 9.87. The Morgan fingerprint density at radius 1 is 1.26 bits per heavy atom. The van der Waals surface area contributed by atoms with Gasteiger partial charge in [0.2, 0.25) is 6.10 Å². The van der Waals surface area contributed by atoms with Gasteiger partial charge in [0.1, 0.15) is 5.75 Å². The van der Waals surface area contributed by atoms with Crippen LogP contribution >= 0.6 is 0 Å². The van der Waals surface area contributed by atoms with Gasteiger partial charge in [0.25, 0.3) is 0 Å². The second kappa shape index (κ2) is 5.26. The lowest BCUT2D eigenvalue weighted by Gasteiger charge is -2.24. The molecule has 1 N–H and O–H groups in total. The number of hydrogen-bond donors (Lipinski definition) is 1. The first-order valence-corrected chi connectivity index (χ1v) is 6.24. The molecule has 1 aromatic heterocycles. The van der Waals surface area contributed by atoms with Gasteiger partial charge in [0.15, 0.2) is 11.6 Å².